The summed E-state index contributed by atoms with van der Waals surface area (Å²) in [6, 6.07) is 0. The Kier molecular flexibility index (Phi) is 34.8. The minimum Gasteiger partial charge on any atom is -0.457 e. The highest BCUT2D eigenvalue weighted by atomic mass is 32.3. The molecular weight excluding hydrogens is 765 g/mol. The first kappa shape index (κ1) is 54.3. The maximum atomic E-state index is 12.8. The first-order valence-electron chi connectivity index (χ1n) is 22.7. The van der Waals surface area contributed by atoms with Crippen LogP contribution in [0.4, 0.5) is 0 Å². The molecule has 0 bridgehead atoms. The first-order valence-corrected chi connectivity index (χ1v) is 24.1. The van der Waals surface area contributed by atoms with Gasteiger partial charge in [-0.1, -0.05) is 140 Å². The Labute approximate surface area is 352 Å². The van der Waals surface area contributed by atoms with Gasteiger partial charge in [-0.25, -0.2) is 4.18 Å². The van der Waals surface area contributed by atoms with Gasteiger partial charge in [-0.05, 0) is 70.6 Å². The molecule has 1 aliphatic rings. The topological polar surface area (TPSA) is 178 Å². The van der Waals surface area contributed by atoms with Gasteiger partial charge in [0.25, 0.3) is 0 Å². The highest BCUT2D eigenvalue weighted by molar-refractivity contribution is 7.80. The predicted octanol–water partition coefficient (Wildman–Crippen LogP) is 9.41. The van der Waals surface area contributed by atoms with Gasteiger partial charge >= 0.3 is 16.4 Å². The van der Waals surface area contributed by atoms with Gasteiger partial charge in [0.15, 0.2) is 6.29 Å². The average Bonchev–Trinajstić information content (AvgIpc) is 3.19. The number of allylic oxidation sites excluding steroid dienone is 6. The second-order valence-corrected chi connectivity index (χ2v) is 16.7. The zero-order valence-electron chi connectivity index (χ0n) is 36.1. The van der Waals surface area contributed by atoms with Crippen molar-refractivity contribution in [2.45, 2.75) is 218 Å². The number of aliphatic hydroxyl groups excluding tert-OH is 3. The Bertz CT molecular complexity index is 1160. The molecule has 0 saturated carbocycles. The van der Waals surface area contributed by atoms with E-state index >= 15 is 0 Å². The molecule has 1 saturated heterocycles. The van der Waals surface area contributed by atoms with Crippen LogP contribution in [0.1, 0.15) is 181 Å². The predicted molar refractivity (Wildman–Crippen MR) is 230 cm³/mol. The molecule has 13 heteroatoms. The Morgan fingerprint density at radius 1 is 0.655 bits per heavy atom. The van der Waals surface area contributed by atoms with Crippen LogP contribution in [0.25, 0.3) is 0 Å². The Hall–Kier alpha value is -1.68. The van der Waals surface area contributed by atoms with Gasteiger partial charge in [0.2, 0.25) is 0 Å². The minimum atomic E-state index is -5.06. The lowest BCUT2D eigenvalue weighted by molar-refractivity contribution is -0.301. The van der Waals surface area contributed by atoms with Crippen molar-refractivity contribution in [3.8, 4) is 0 Å². The molecule has 0 spiro atoms. The van der Waals surface area contributed by atoms with Crippen molar-refractivity contribution < 1.29 is 56.2 Å². The van der Waals surface area contributed by atoms with Crippen molar-refractivity contribution in [2.75, 3.05) is 26.4 Å². The van der Waals surface area contributed by atoms with Crippen molar-refractivity contribution in [1.82, 2.24) is 0 Å². The van der Waals surface area contributed by atoms with E-state index in [2.05, 4.69) is 54.5 Å². The normalized spacial score (nSPS) is 20.8. The van der Waals surface area contributed by atoms with Crippen LogP contribution in [0.5, 0.6) is 0 Å². The van der Waals surface area contributed by atoms with E-state index in [1.807, 2.05) is 0 Å². The standard InChI is InChI=1S/C45H82O12S/c1-3-5-7-9-11-13-15-17-19-21-23-25-27-29-31-33-35-53-37-39(38-54-45-43(49)44(57-58(50,51)52)42(48)40(36-46)56-45)55-41(47)34-32-30-28-26-24-22-20-18-16-14-12-10-8-6-4-2/h12,14,17-20,39-40,42-46,48-49H,3-11,13,15-16,21-38H2,1-2H3,(H,50,51,52)/b14-12-,19-17-,20-18-. The lowest BCUT2D eigenvalue weighted by Gasteiger charge is -2.41. The number of esters is 1. The summed E-state index contributed by atoms with van der Waals surface area (Å²) in [6.07, 6.45) is 33.1. The van der Waals surface area contributed by atoms with E-state index in [9.17, 15) is 28.5 Å². The van der Waals surface area contributed by atoms with E-state index < -0.39 is 59.8 Å². The molecule has 0 amide bonds. The maximum Gasteiger partial charge on any atom is 0.397 e. The highest BCUT2D eigenvalue weighted by Gasteiger charge is 2.48. The minimum absolute atomic E-state index is 0.0266. The Balaban J connectivity index is 2.45. The number of aliphatic hydroxyl groups is 3. The van der Waals surface area contributed by atoms with Crippen molar-refractivity contribution in [3.05, 3.63) is 36.5 Å². The molecule has 0 aliphatic carbocycles. The van der Waals surface area contributed by atoms with Gasteiger partial charge in [0, 0.05) is 13.0 Å². The third-order valence-electron chi connectivity index (χ3n) is 10.2. The summed E-state index contributed by atoms with van der Waals surface area (Å²) in [4.78, 5) is 12.8. The Morgan fingerprint density at radius 3 is 1.69 bits per heavy atom. The van der Waals surface area contributed by atoms with Gasteiger partial charge in [0.05, 0.1) is 19.8 Å². The summed E-state index contributed by atoms with van der Waals surface area (Å²) < 4.78 is 59.0. The van der Waals surface area contributed by atoms with Gasteiger partial charge in [0.1, 0.15) is 30.5 Å². The van der Waals surface area contributed by atoms with E-state index in [1.165, 1.54) is 83.5 Å². The fourth-order valence-corrected chi connectivity index (χ4v) is 7.26. The monoisotopic (exact) mass is 847 g/mol. The van der Waals surface area contributed by atoms with Crippen LogP contribution in [0.15, 0.2) is 36.5 Å². The van der Waals surface area contributed by atoms with Crippen molar-refractivity contribution >= 4 is 16.4 Å². The largest absolute Gasteiger partial charge is 0.457 e. The van der Waals surface area contributed by atoms with E-state index in [0.29, 0.717) is 13.0 Å². The second kappa shape index (κ2) is 37.1. The molecule has 0 radical (unpaired) electrons. The summed E-state index contributed by atoms with van der Waals surface area (Å²) in [5.41, 5.74) is 0. The number of carbonyl (C=O) groups excluding carboxylic acids is 1. The fraction of sp³-hybridized carbons (Fsp3) is 0.844. The summed E-state index contributed by atoms with van der Waals surface area (Å²) in [7, 11) is -5.06. The summed E-state index contributed by atoms with van der Waals surface area (Å²) >= 11 is 0. The number of unbranched alkanes of at least 4 members (excludes halogenated alkanes) is 20. The van der Waals surface area contributed by atoms with E-state index in [-0.39, 0.29) is 19.6 Å². The van der Waals surface area contributed by atoms with E-state index in [4.69, 9.17) is 23.5 Å². The van der Waals surface area contributed by atoms with E-state index in [1.54, 1.807) is 0 Å². The third-order valence-corrected chi connectivity index (χ3v) is 10.7. The molecule has 0 aromatic heterocycles. The van der Waals surface area contributed by atoms with Crippen LogP contribution in [0.2, 0.25) is 0 Å². The number of ether oxygens (including phenoxy) is 4. The fourth-order valence-electron chi connectivity index (χ4n) is 6.76. The molecule has 0 aromatic carbocycles. The molecule has 0 aromatic rings. The quantitative estimate of drug-likeness (QED) is 0.0200. The van der Waals surface area contributed by atoms with E-state index in [0.717, 1.165) is 70.6 Å². The molecule has 1 fully saturated rings. The number of carbonyl (C=O) groups is 1. The molecule has 1 heterocycles. The first-order chi connectivity index (χ1) is 28.1. The second-order valence-electron chi connectivity index (χ2n) is 15.6. The maximum absolute atomic E-state index is 12.8. The number of rotatable bonds is 39. The molecule has 4 N–H and O–H groups in total. The smallest absolute Gasteiger partial charge is 0.397 e. The lowest BCUT2D eigenvalue weighted by atomic mass is 9.99. The van der Waals surface area contributed by atoms with Crippen molar-refractivity contribution in [2.24, 2.45) is 0 Å². The molecule has 340 valence electrons. The average molecular weight is 847 g/mol. The SMILES string of the molecule is CCCCC/C=C\C/C=C\CCCCCCCC(=O)OC(COCCCCCCCC/C=C\CCCCCCCC)COC1OC(CO)C(O)C(OS(=O)(=O)O)C1O. The zero-order chi connectivity index (χ0) is 42.5. The number of hydrogen-bond acceptors (Lipinski definition) is 11. The third kappa shape index (κ3) is 30.4. The van der Waals surface area contributed by atoms with Crippen LogP contribution in [0.3, 0.4) is 0 Å². The summed E-state index contributed by atoms with van der Waals surface area (Å²) in [5, 5.41) is 30.6. The van der Waals surface area contributed by atoms with Gasteiger partial charge in [-0.15, -0.1) is 0 Å². The molecule has 58 heavy (non-hydrogen) atoms. The molecule has 1 rings (SSSR count). The molecule has 6 unspecified atom stereocenters. The molecule has 12 nitrogen and oxygen atoms in total. The van der Waals surface area contributed by atoms with Crippen LogP contribution < -0.4 is 0 Å². The highest BCUT2D eigenvalue weighted by Crippen LogP contribution is 2.26. The summed E-state index contributed by atoms with van der Waals surface area (Å²) in [6.45, 7) is 3.93. The van der Waals surface area contributed by atoms with Gasteiger partial charge in [-0.2, -0.15) is 8.42 Å². The van der Waals surface area contributed by atoms with Crippen molar-refractivity contribution in [3.63, 3.8) is 0 Å². The molecule has 6 atom stereocenters. The summed E-state index contributed by atoms with van der Waals surface area (Å²) in [5.74, 6) is -0.415. The number of hydrogen-bond donors (Lipinski definition) is 4. The van der Waals surface area contributed by atoms with Crippen LogP contribution in [-0.4, -0.2) is 97.5 Å². The molecule has 1 aliphatic heterocycles. The molecular formula is C45H82O12S. The lowest BCUT2D eigenvalue weighted by Crippen LogP contribution is -2.60. The van der Waals surface area contributed by atoms with Crippen molar-refractivity contribution in [1.29, 1.82) is 0 Å². The Morgan fingerprint density at radius 2 is 1.14 bits per heavy atom. The van der Waals surface area contributed by atoms with Crippen LogP contribution >= 0.6 is 0 Å². The zero-order valence-corrected chi connectivity index (χ0v) is 36.9. The van der Waals surface area contributed by atoms with Gasteiger partial charge in [-0.3, -0.25) is 9.35 Å². The van der Waals surface area contributed by atoms with Crippen LogP contribution in [0, 0.1) is 0 Å². The van der Waals surface area contributed by atoms with Gasteiger partial charge < -0.3 is 34.3 Å². The van der Waals surface area contributed by atoms with Crippen LogP contribution in [-0.2, 0) is 38.3 Å².